The Labute approximate surface area is 415 Å². The molecule has 3 nitrogen and oxygen atoms in total. The van der Waals surface area contributed by atoms with Crippen molar-refractivity contribution in [3.05, 3.63) is 228 Å². The summed E-state index contributed by atoms with van der Waals surface area (Å²) in [6.45, 7) is 9.55. The number of hydrogen-bond acceptors (Lipinski definition) is 3. The smallest absolute Gasteiger partial charge is 0.198 e. The van der Waals surface area contributed by atoms with Crippen LogP contribution in [0, 0.1) is 0 Å². The van der Waals surface area contributed by atoms with Crippen LogP contribution < -0.4 is 21.1 Å². The van der Waals surface area contributed by atoms with Crippen LogP contribution in [0.5, 0.6) is 0 Å². The Hall–Kier alpha value is -8.34. The van der Waals surface area contributed by atoms with Gasteiger partial charge in [0.1, 0.15) is 11.2 Å². The highest BCUT2D eigenvalue weighted by atomic mass is 16.3. The van der Waals surface area contributed by atoms with E-state index in [4.69, 9.17) is 4.42 Å². The van der Waals surface area contributed by atoms with Gasteiger partial charge < -0.3 is 14.6 Å². The van der Waals surface area contributed by atoms with Crippen molar-refractivity contribution >= 4 is 85.4 Å². The number of hydrogen-bond donors (Lipinski definition) is 1. The Morgan fingerprint density at radius 1 is 0.507 bits per heavy atom. The monoisotopic (exact) mass is 908 g/mol. The van der Waals surface area contributed by atoms with Gasteiger partial charge in [-0.1, -0.05) is 173 Å². The Bertz CT molecular complexity index is 4140. The average Bonchev–Trinajstić information content (AvgIpc) is 4.13. The normalized spacial score (nSPS) is 15.0. The average molecular weight is 909 g/mol. The van der Waals surface area contributed by atoms with Gasteiger partial charge in [0, 0.05) is 61.4 Å². The minimum absolute atomic E-state index is 0.102. The molecule has 1 aromatic heterocycles. The quantitative estimate of drug-likeness (QED) is 0.174. The third-order valence-corrected chi connectivity index (χ3v) is 16.6. The summed E-state index contributed by atoms with van der Waals surface area (Å²) in [7, 11) is 0.773. The molecule has 2 heterocycles. The van der Waals surface area contributed by atoms with Crippen LogP contribution in [0.3, 0.4) is 0 Å². The van der Waals surface area contributed by atoms with Gasteiger partial charge >= 0.3 is 0 Å². The minimum atomic E-state index is -0.142. The highest BCUT2D eigenvalue weighted by molar-refractivity contribution is 6.74. The lowest BCUT2D eigenvalue weighted by Crippen LogP contribution is -2.41. The predicted octanol–water partition coefficient (Wildman–Crippen LogP) is 16.2. The largest absolute Gasteiger partial charge is 0.456 e. The highest BCUT2D eigenvalue weighted by Gasteiger charge is 2.40. The number of furan rings is 1. The highest BCUT2D eigenvalue weighted by Crippen LogP contribution is 2.54. The van der Waals surface area contributed by atoms with Crippen molar-refractivity contribution in [2.24, 2.45) is 0 Å². The molecule has 0 spiro atoms. The summed E-state index contributed by atoms with van der Waals surface area (Å²) in [6.07, 6.45) is 5.44. The van der Waals surface area contributed by atoms with Crippen molar-refractivity contribution in [1.29, 1.82) is 0 Å². The number of anilines is 5. The van der Waals surface area contributed by atoms with E-state index in [0.717, 1.165) is 52.6 Å². The van der Waals surface area contributed by atoms with Crippen molar-refractivity contribution in [3.63, 3.8) is 0 Å². The molecule has 0 amide bonds. The van der Waals surface area contributed by atoms with Crippen molar-refractivity contribution in [2.75, 3.05) is 10.2 Å². The lowest BCUT2D eigenvalue weighted by molar-refractivity contribution is 0.660. The Balaban J connectivity index is 1.00. The fraction of sp³-hybridized carbons (Fsp3) is 0.104. The molecule has 0 unspecified atom stereocenters. The summed E-state index contributed by atoms with van der Waals surface area (Å²) in [4.78, 5) is 2.62. The van der Waals surface area contributed by atoms with Crippen molar-refractivity contribution in [1.82, 2.24) is 0 Å². The molecule has 4 heteroatoms. The predicted molar refractivity (Wildman–Crippen MR) is 301 cm³/mol. The fourth-order valence-electron chi connectivity index (χ4n) is 13.0. The van der Waals surface area contributed by atoms with Gasteiger partial charge in [0.25, 0.3) is 0 Å². The molecule has 10 aromatic carbocycles. The van der Waals surface area contributed by atoms with E-state index in [1.807, 2.05) is 0 Å². The second kappa shape index (κ2) is 14.6. The third kappa shape index (κ3) is 5.85. The summed E-state index contributed by atoms with van der Waals surface area (Å²) >= 11 is 0. The van der Waals surface area contributed by atoms with Gasteiger partial charge in [-0.3, -0.25) is 0 Å². The molecule has 1 aliphatic heterocycles. The van der Waals surface area contributed by atoms with E-state index in [1.165, 1.54) is 111 Å². The maximum absolute atomic E-state index is 6.82. The van der Waals surface area contributed by atoms with Crippen LogP contribution in [0.2, 0.25) is 0 Å². The summed E-state index contributed by atoms with van der Waals surface area (Å²) in [5, 5.41) is 8.67. The molecule has 336 valence electrons. The summed E-state index contributed by atoms with van der Waals surface area (Å²) in [6, 6.07) is 70.6. The summed E-state index contributed by atoms with van der Waals surface area (Å²) in [5.41, 5.74) is 28.0. The standard InChI is InChI=1S/C67H49BN2O/c1-66(2)55-23-12-10-21-47(55)49-34-45(29-30-57(49)66)70-61-36-50-48-22-11-13-24-56(48)67(3,4)58(50)37-59(61)68-64-54(32-43-17-8-9-20-46(43)65(64)70)51-35-53-52-31-41-18-14-19-42(41)33-62(52)71-63(53)38-60(51)69-44-27-25-40(26-28-44)39-15-6-5-7-16-39/h5-18,20-38,68-69H,19H2,1-4H3. The first-order valence-corrected chi connectivity index (χ1v) is 25.2. The second-order valence-electron chi connectivity index (χ2n) is 21.3. The van der Waals surface area contributed by atoms with Gasteiger partial charge in [-0.05, 0) is 144 Å². The number of rotatable bonds is 5. The SMILES string of the molecule is CC1(C)c2ccccc2-c2cc(N3c4cc5c(cc4Bc4c(-c6cc7c(cc6Nc6ccc(-c8ccccc8)cc6)oc6cc8c(cc67)C=CC8)cc6ccccc6c43)C(C)(C)c3ccccc3-5)ccc21. The lowest BCUT2D eigenvalue weighted by Gasteiger charge is -2.37. The molecule has 0 saturated carbocycles. The molecule has 0 radical (unpaired) electrons. The van der Waals surface area contributed by atoms with Gasteiger partial charge in [-0.2, -0.15) is 0 Å². The maximum Gasteiger partial charge on any atom is 0.198 e. The maximum atomic E-state index is 6.82. The van der Waals surface area contributed by atoms with E-state index < -0.39 is 0 Å². The Morgan fingerprint density at radius 3 is 1.97 bits per heavy atom. The third-order valence-electron chi connectivity index (χ3n) is 16.6. The first-order valence-electron chi connectivity index (χ1n) is 25.2. The van der Waals surface area contributed by atoms with Gasteiger partial charge in [0.05, 0.1) is 5.69 Å². The molecular weight excluding hydrogens is 860 g/mol. The molecule has 4 aliphatic rings. The van der Waals surface area contributed by atoms with E-state index in [9.17, 15) is 0 Å². The van der Waals surface area contributed by atoms with E-state index in [0.29, 0.717) is 0 Å². The van der Waals surface area contributed by atoms with E-state index in [1.54, 1.807) is 0 Å². The second-order valence-corrected chi connectivity index (χ2v) is 21.3. The molecular formula is C67H49BN2O. The van der Waals surface area contributed by atoms with E-state index in [2.05, 4.69) is 238 Å². The lowest BCUT2D eigenvalue weighted by atomic mass is 9.57. The van der Waals surface area contributed by atoms with Crippen LogP contribution in [0.4, 0.5) is 28.4 Å². The molecule has 11 aromatic rings. The fourth-order valence-corrected chi connectivity index (χ4v) is 13.0. The number of allylic oxidation sites excluding steroid dienone is 1. The van der Waals surface area contributed by atoms with E-state index in [-0.39, 0.29) is 10.8 Å². The zero-order valence-corrected chi connectivity index (χ0v) is 40.3. The van der Waals surface area contributed by atoms with Crippen LogP contribution in [0.15, 0.2) is 199 Å². The van der Waals surface area contributed by atoms with Gasteiger partial charge in [-0.25, -0.2) is 0 Å². The Morgan fingerprint density at radius 2 is 1.17 bits per heavy atom. The van der Waals surface area contributed by atoms with Gasteiger partial charge in [0.2, 0.25) is 0 Å². The number of benzene rings is 10. The first-order chi connectivity index (χ1) is 34.7. The van der Waals surface area contributed by atoms with Crippen LogP contribution in [-0.2, 0) is 17.3 Å². The topological polar surface area (TPSA) is 28.4 Å². The number of fused-ring (bicyclic) bond motifs is 14. The molecule has 0 fully saturated rings. The zero-order valence-electron chi connectivity index (χ0n) is 40.3. The van der Waals surface area contributed by atoms with Gasteiger partial charge in [-0.15, -0.1) is 0 Å². The number of nitrogens with zero attached hydrogens (tertiary/aromatic N) is 1. The van der Waals surface area contributed by atoms with Crippen LogP contribution in [-0.4, -0.2) is 7.28 Å². The molecule has 3 aliphatic carbocycles. The van der Waals surface area contributed by atoms with Gasteiger partial charge in [0.15, 0.2) is 7.28 Å². The van der Waals surface area contributed by atoms with Crippen molar-refractivity contribution in [2.45, 2.75) is 44.9 Å². The summed E-state index contributed by atoms with van der Waals surface area (Å²) < 4.78 is 6.82. The minimum Gasteiger partial charge on any atom is -0.456 e. The molecule has 1 N–H and O–H groups in total. The number of nitrogens with one attached hydrogen (secondary N) is 1. The molecule has 0 saturated heterocycles. The molecule has 0 atom stereocenters. The molecule has 71 heavy (non-hydrogen) atoms. The molecule has 0 bridgehead atoms. The van der Waals surface area contributed by atoms with E-state index >= 15 is 0 Å². The van der Waals surface area contributed by atoms with Crippen LogP contribution >= 0.6 is 0 Å². The van der Waals surface area contributed by atoms with Crippen LogP contribution in [0.1, 0.15) is 61.1 Å². The van der Waals surface area contributed by atoms with Crippen molar-refractivity contribution in [3.8, 4) is 44.5 Å². The van der Waals surface area contributed by atoms with Crippen LogP contribution in [0.25, 0.3) is 83.3 Å². The molecule has 15 rings (SSSR count). The first kappa shape index (κ1) is 40.5. The Kier molecular flexibility index (Phi) is 8.34. The van der Waals surface area contributed by atoms with Crippen molar-refractivity contribution < 1.29 is 4.42 Å². The summed E-state index contributed by atoms with van der Waals surface area (Å²) in [5.74, 6) is 0. The zero-order chi connectivity index (χ0) is 47.3.